The number of hydrogen-bond acceptors (Lipinski definition) is 4. The van der Waals surface area contributed by atoms with Gasteiger partial charge < -0.3 is 4.90 Å². The lowest BCUT2D eigenvalue weighted by Crippen LogP contribution is -2.57. The van der Waals surface area contributed by atoms with Gasteiger partial charge in [0.2, 0.25) is 0 Å². The van der Waals surface area contributed by atoms with Crippen LogP contribution in [0, 0.1) is 6.92 Å². The van der Waals surface area contributed by atoms with E-state index in [1.54, 1.807) is 36.4 Å². The average Bonchev–Trinajstić information content (AvgIpc) is 2.87. The van der Waals surface area contributed by atoms with Crippen molar-refractivity contribution in [1.82, 2.24) is 0 Å². The molecule has 0 unspecified atom stereocenters. The first-order valence-corrected chi connectivity index (χ1v) is 11.6. The predicted molar refractivity (Wildman–Crippen MR) is 144 cm³/mol. The zero-order valence-electron chi connectivity index (χ0n) is 20.3. The van der Waals surface area contributed by atoms with Gasteiger partial charge in [0, 0.05) is 25.2 Å². The average molecular weight is 476 g/mol. The molecule has 0 N–H and O–H groups in total. The van der Waals surface area contributed by atoms with Crippen molar-refractivity contribution in [2.45, 2.75) is 6.92 Å². The molecule has 4 amide bonds. The van der Waals surface area contributed by atoms with Gasteiger partial charge in [-0.2, -0.15) is 0 Å². The summed E-state index contributed by atoms with van der Waals surface area (Å²) in [6, 6.07) is 26.9. The van der Waals surface area contributed by atoms with E-state index in [2.05, 4.69) is 0 Å². The molecule has 0 atom stereocenters. The quantitative estimate of drug-likeness (QED) is 0.277. The monoisotopic (exact) mass is 475 g/mol. The van der Waals surface area contributed by atoms with E-state index in [9.17, 15) is 14.4 Å². The van der Waals surface area contributed by atoms with Gasteiger partial charge >= 0.3 is 6.03 Å². The van der Waals surface area contributed by atoms with Crippen molar-refractivity contribution in [1.29, 1.82) is 0 Å². The minimum atomic E-state index is -0.702. The molecule has 0 aliphatic carbocycles. The number of fused-ring (bicyclic) bond motifs is 1. The SMILES string of the molecule is Cc1cccc(N2C(=O)/C(=C\c3ccc(N(C)C)cc3)C(=O)N(c3cccc4ccccc34)C2=O)c1. The highest BCUT2D eigenvalue weighted by Crippen LogP contribution is 2.34. The number of anilines is 3. The lowest BCUT2D eigenvalue weighted by Gasteiger charge is -2.34. The first-order chi connectivity index (χ1) is 17.3. The zero-order chi connectivity index (χ0) is 25.4. The van der Waals surface area contributed by atoms with Crippen molar-refractivity contribution in [3.05, 3.63) is 108 Å². The van der Waals surface area contributed by atoms with Gasteiger partial charge in [0.15, 0.2) is 0 Å². The smallest absolute Gasteiger partial charge is 0.343 e. The third kappa shape index (κ3) is 4.03. The second kappa shape index (κ2) is 9.15. The standard InChI is InChI=1S/C30H25N3O3/c1-20-8-6-11-24(18-20)32-28(34)26(19-21-14-16-23(17-15-21)31(2)3)29(35)33(30(32)36)27-13-7-10-22-9-4-5-12-25(22)27/h4-19H,1-3H3/b26-19+. The Labute approximate surface area is 209 Å². The third-order valence-corrected chi connectivity index (χ3v) is 6.24. The van der Waals surface area contributed by atoms with Gasteiger partial charge in [-0.1, -0.05) is 60.7 Å². The van der Waals surface area contributed by atoms with Crippen LogP contribution in [0.25, 0.3) is 16.8 Å². The molecule has 1 fully saturated rings. The van der Waals surface area contributed by atoms with Gasteiger partial charge in [-0.05, 0) is 59.8 Å². The number of carbonyl (C=O) groups excluding carboxylic acids is 3. The molecule has 0 radical (unpaired) electrons. The van der Waals surface area contributed by atoms with E-state index in [0.29, 0.717) is 16.9 Å². The molecule has 0 aromatic heterocycles. The topological polar surface area (TPSA) is 60.9 Å². The number of nitrogens with zero attached hydrogens (tertiary/aromatic N) is 3. The summed E-state index contributed by atoms with van der Waals surface area (Å²) in [6.45, 7) is 1.89. The van der Waals surface area contributed by atoms with E-state index in [4.69, 9.17) is 0 Å². The summed E-state index contributed by atoms with van der Waals surface area (Å²) in [6.07, 6.45) is 1.55. The van der Waals surface area contributed by atoms with E-state index < -0.39 is 17.8 Å². The van der Waals surface area contributed by atoms with Crippen LogP contribution in [-0.4, -0.2) is 31.9 Å². The van der Waals surface area contributed by atoms with E-state index in [0.717, 1.165) is 31.8 Å². The van der Waals surface area contributed by atoms with Crippen molar-refractivity contribution >= 4 is 51.8 Å². The lowest BCUT2D eigenvalue weighted by molar-refractivity contribution is -0.121. The Kier molecular flexibility index (Phi) is 5.86. The van der Waals surface area contributed by atoms with E-state index >= 15 is 0 Å². The minimum absolute atomic E-state index is 0.0818. The molecule has 0 saturated carbocycles. The van der Waals surface area contributed by atoms with Crippen LogP contribution < -0.4 is 14.7 Å². The Bertz CT molecular complexity index is 1530. The molecule has 1 aliphatic rings. The molecular weight excluding hydrogens is 450 g/mol. The van der Waals surface area contributed by atoms with Crippen molar-refractivity contribution < 1.29 is 14.4 Å². The molecule has 4 aromatic carbocycles. The molecule has 0 bridgehead atoms. The highest BCUT2D eigenvalue weighted by molar-refractivity contribution is 6.46. The van der Waals surface area contributed by atoms with Gasteiger partial charge in [0.05, 0.1) is 11.4 Å². The van der Waals surface area contributed by atoms with E-state index in [1.165, 1.54) is 0 Å². The van der Waals surface area contributed by atoms with Gasteiger partial charge in [-0.15, -0.1) is 0 Å². The van der Waals surface area contributed by atoms with Crippen LogP contribution >= 0.6 is 0 Å². The fraction of sp³-hybridized carbons (Fsp3) is 0.100. The Morgan fingerprint density at radius 1 is 0.722 bits per heavy atom. The Morgan fingerprint density at radius 3 is 2.11 bits per heavy atom. The summed E-state index contributed by atoms with van der Waals surface area (Å²) in [5.74, 6) is -1.30. The van der Waals surface area contributed by atoms with Crippen molar-refractivity contribution in [3.63, 3.8) is 0 Å². The molecule has 4 aromatic rings. The molecule has 178 valence electrons. The Morgan fingerprint density at radius 2 is 1.39 bits per heavy atom. The summed E-state index contributed by atoms with van der Waals surface area (Å²) in [7, 11) is 3.88. The Balaban J connectivity index is 1.69. The predicted octanol–water partition coefficient (Wildman–Crippen LogP) is 5.80. The molecular formula is C30H25N3O3. The number of amides is 4. The second-order valence-electron chi connectivity index (χ2n) is 8.94. The van der Waals surface area contributed by atoms with Crippen molar-refractivity contribution in [2.24, 2.45) is 0 Å². The van der Waals surface area contributed by atoms with Crippen LogP contribution in [0.3, 0.4) is 0 Å². The molecule has 6 nitrogen and oxygen atoms in total. The first-order valence-electron chi connectivity index (χ1n) is 11.6. The largest absolute Gasteiger partial charge is 0.378 e. The summed E-state index contributed by atoms with van der Waals surface area (Å²) < 4.78 is 0. The summed E-state index contributed by atoms with van der Waals surface area (Å²) >= 11 is 0. The number of benzene rings is 4. The fourth-order valence-corrected chi connectivity index (χ4v) is 4.38. The first kappa shape index (κ1) is 23.1. The lowest BCUT2D eigenvalue weighted by atomic mass is 10.0. The summed E-state index contributed by atoms with van der Waals surface area (Å²) in [4.78, 5) is 45.4. The number of carbonyl (C=O) groups is 3. The van der Waals surface area contributed by atoms with Gasteiger partial charge in [-0.25, -0.2) is 14.6 Å². The molecule has 36 heavy (non-hydrogen) atoms. The number of barbiturate groups is 1. The summed E-state index contributed by atoms with van der Waals surface area (Å²) in [5, 5.41) is 1.63. The highest BCUT2D eigenvalue weighted by atomic mass is 16.2. The van der Waals surface area contributed by atoms with E-state index in [1.807, 2.05) is 86.6 Å². The maximum atomic E-state index is 13.8. The molecule has 0 spiro atoms. The van der Waals surface area contributed by atoms with Crippen LogP contribution in [0.1, 0.15) is 11.1 Å². The third-order valence-electron chi connectivity index (χ3n) is 6.24. The highest BCUT2D eigenvalue weighted by Gasteiger charge is 2.44. The molecule has 5 rings (SSSR count). The number of rotatable bonds is 4. The van der Waals surface area contributed by atoms with E-state index in [-0.39, 0.29) is 5.57 Å². The number of imide groups is 2. The van der Waals surface area contributed by atoms with Gasteiger partial charge in [0.25, 0.3) is 11.8 Å². The molecule has 1 heterocycles. The normalized spacial score (nSPS) is 15.2. The van der Waals surface area contributed by atoms with Crippen LogP contribution in [0.4, 0.5) is 21.9 Å². The number of aryl methyl sites for hydroxylation is 1. The van der Waals surface area contributed by atoms with Crippen molar-refractivity contribution in [2.75, 3.05) is 28.8 Å². The number of urea groups is 1. The molecule has 1 saturated heterocycles. The van der Waals surface area contributed by atoms with Crippen LogP contribution in [0.2, 0.25) is 0 Å². The van der Waals surface area contributed by atoms with Crippen LogP contribution in [0.5, 0.6) is 0 Å². The van der Waals surface area contributed by atoms with Gasteiger partial charge in [0.1, 0.15) is 5.57 Å². The molecule has 1 aliphatic heterocycles. The fourth-order valence-electron chi connectivity index (χ4n) is 4.38. The number of hydrogen-bond donors (Lipinski definition) is 0. The Hall–Kier alpha value is -4.71. The van der Waals surface area contributed by atoms with Crippen LogP contribution in [-0.2, 0) is 9.59 Å². The summed E-state index contributed by atoms with van der Waals surface area (Å²) in [5.41, 5.74) is 3.34. The minimum Gasteiger partial charge on any atom is -0.378 e. The van der Waals surface area contributed by atoms with Gasteiger partial charge in [-0.3, -0.25) is 9.59 Å². The molecule has 6 heteroatoms. The second-order valence-corrected chi connectivity index (χ2v) is 8.94. The maximum Gasteiger partial charge on any atom is 0.343 e. The maximum absolute atomic E-state index is 13.8. The van der Waals surface area contributed by atoms with Crippen molar-refractivity contribution in [3.8, 4) is 0 Å². The van der Waals surface area contributed by atoms with Crippen LogP contribution in [0.15, 0.2) is 96.6 Å². The zero-order valence-corrected chi connectivity index (χ0v) is 20.3.